The maximum absolute atomic E-state index is 4.49. The third-order valence-corrected chi connectivity index (χ3v) is 2.27. The summed E-state index contributed by atoms with van der Waals surface area (Å²) < 4.78 is 1.98. The van der Waals surface area contributed by atoms with Gasteiger partial charge >= 0.3 is 0 Å². The molecule has 0 fully saturated rings. The van der Waals surface area contributed by atoms with E-state index in [9.17, 15) is 0 Å². The summed E-state index contributed by atoms with van der Waals surface area (Å²) in [5.41, 5.74) is 0.870. The molecular formula is C11H17N5. The van der Waals surface area contributed by atoms with Gasteiger partial charge in [0.2, 0.25) is 0 Å². The van der Waals surface area contributed by atoms with Crippen molar-refractivity contribution in [2.75, 3.05) is 23.7 Å². The Morgan fingerprint density at radius 2 is 2.19 bits per heavy atom. The Balaban J connectivity index is 2.38. The lowest BCUT2D eigenvalue weighted by molar-refractivity contribution is 0.963. The van der Waals surface area contributed by atoms with Gasteiger partial charge in [-0.3, -0.25) is 0 Å². The van der Waals surface area contributed by atoms with E-state index in [-0.39, 0.29) is 0 Å². The van der Waals surface area contributed by atoms with Crippen molar-refractivity contribution in [2.45, 2.75) is 20.3 Å². The molecule has 16 heavy (non-hydrogen) atoms. The second-order valence-corrected chi connectivity index (χ2v) is 3.59. The lowest BCUT2D eigenvalue weighted by Gasteiger charge is -2.09. The first kappa shape index (κ1) is 10.7. The smallest absolute Gasteiger partial charge is 0.180 e. The molecule has 0 bridgehead atoms. The zero-order chi connectivity index (χ0) is 11.4. The molecule has 2 heterocycles. The minimum absolute atomic E-state index is 0.838. The summed E-state index contributed by atoms with van der Waals surface area (Å²) in [5, 5.41) is 6.49. The van der Waals surface area contributed by atoms with Gasteiger partial charge in [0.1, 0.15) is 5.82 Å². The number of hydrogen-bond donors (Lipinski definition) is 2. The fourth-order valence-corrected chi connectivity index (χ4v) is 1.56. The molecule has 5 heteroatoms. The highest BCUT2D eigenvalue weighted by Crippen LogP contribution is 2.15. The standard InChI is InChI=1S/C11H17N5/c1-3-5-13-10-11-14-6-7-16(11)8-9(15-10)12-4-2/h6-8,12H,3-5H2,1-2H3,(H,13,15). The first-order valence-corrected chi connectivity index (χ1v) is 5.66. The molecule has 0 spiro atoms. The van der Waals surface area contributed by atoms with Gasteiger partial charge in [-0.2, -0.15) is 0 Å². The number of aromatic nitrogens is 3. The Kier molecular flexibility index (Phi) is 3.24. The van der Waals surface area contributed by atoms with Gasteiger partial charge in [-0.25, -0.2) is 9.97 Å². The summed E-state index contributed by atoms with van der Waals surface area (Å²) in [4.78, 5) is 8.78. The number of hydrogen-bond acceptors (Lipinski definition) is 4. The molecule has 0 aliphatic rings. The lowest BCUT2D eigenvalue weighted by atomic mass is 10.4. The van der Waals surface area contributed by atoms with Crippen LogP contribution in [0.15, 0.2) is 18.6 Å². The first-order chi connectivity index (χ1) is 7.85. The monoisotopic (exact) mass is 219 g/mol. The molecule has 0 unspecified atom stereocenters. The molecule has 0 amide bonds. The van der Waals surface area contributed by atoms with E-state index in [1.54, 1.807) is 6.20 Å². The minimum atomic E-state index is 0.838. The van der Waals surface area contributed by atoms with E-state index in [2.05, 4.69) is 34.4 Å². The Morgan fingerprint density at radius 3 is 2.94 bits per heavy atom. The minimum Gasteiger partial charge on any atom is -0.369 e. The summed E-state index contributed by atoms with van der Waals surface area (Å²) in [6, 6.07) is 0. The molecular weight excluding hydrogens is 202 g/mol. The predicted molar refractivity (Wildman–Crippen MR) is 65.9 cm³/mol. The van der Waals surface area contributed by atoms with Gasteiger partial charge in [-0.15, -0.1) is 0 Å². The van der Waals surface area contributed by atoms with Crippen molar-refractivity contribution in [3.63, 3.8) is 0 Å². The Bertz CT molecular complexity index is 462. The quantitative estimate of drug-likeness (QED) is 0.807. The molecule has 0 saturated heterocycles. The molecule has 0 radical (unpaired) electrons. The van der Waals surface area contributed by atoms with E-state index < -0.39 is 0 Å². The van der Waals surface area contributed by atoms with Gasteiger partial charge in [0.15, 0.2) is 11.5 Å². The molecule has 2 rings (SSSR count). The fourth-order valence-electron chi connectivity index (χ4n) is 1.56. The van der Waals surface area contributed by atoms with Crippen LogP contribution in [0.1, 0.15) is 20.3 Å². The molecule has 0 aliphatic carbocycles. The zero-order valence-corrected chi connectivity index (χ0v) is 9.70. The summed E-state index contributed by atoms with van der Waals surface area (Å²) in [6.07, 6.45) is 6.72. The molecule has 2 N–H and O–H groups in total. The molecule has 0 atom stereocenters. The van der Waals surface area contributed by atoms with Crippen molar-refractivity contribution in [3.8, 4) is 0 Å². The maximum atomic E-state index is 4.49. The molecule has 5 nitrogen and oxygen atoms in total. The van der Waals surface area contributed by atoms with Crippen LogP contribution in [0.25, 0.3) is 5.65 Å². The van der Waals surface area contributed by atoms with E-state index in [0.29, 0.717) is 0 Å². The van der Waals surface area contributed by atoms with Crippen LogP contribution in [0, 0.1) is 0 Å². The van der Waals surface area contributed by atoms with Crippen LogP contribution in [-0.2, 0) is 0 Å². The third kappa shape index (κ3) is 2.08. The zero-order valence-electron chi connectivity index (χ0n) is 9.70. The van der Waals surface area contributed by atoms with Crippen molar-refractivity contribution in [2.24, 2.45) is 0 Å². The van der Waals surface area contributed by atoms with E-state index in [1.807, 2.05) is 16.8 Å². The lowest BCUT2D eigenvalue weighted by Crippen LogP contribution is -2.08. The largest absolute Gasteiger partial charge is 0.369 e. The van der Waals surface area contributed by atoms with Crippen LogP contribution < -0.4 is 10.6 Å². The van der Waals surface area contributed by atoms with Crippen molar-refractivity contribution in [1.82, 2.24) is 14.4 Å². The molecule has 0 aromatic carbocycles. The van der Waals surface area contributed by atoms with Gasteiger partial charge < -0.3 is 15.0 Å². The van der Waals surface area contributed by atoms with Crippen LogP contribution in [0.2, 0.25) is 0 Å². The van der Waals surface area contributed by atoms with Gasteiger partial charge in [0.25, 0.3) is 0 Å². The van der Waals surface area contributed by atoms with Crippen LogP contribution in [0.3, 0.4) is 0 Å². The average Bonchev–Trinajstić information content (AvgIpc) is 2.74. The van der Waals surface area contributed by atoms with E-state index in [1.165, 1.54) is 0 Å². The van der Waals surface area contributed by atoms with Gasteiger partial charge in [0, 0.05) is 25.5 Å². The predicted octanol–water partition coefficient (Wildman–Crippen LogP) is 1.98. The second-order valence-electron chi connectivity index (χ2n) is 3.59. The Hall–Kier alpha value is -1.78. The van der Waals surface area contributed by atoms with E-state index >= 15 is 0 Å². The van der Waals surface area contributed by atoms with E-state index in [0.717, 1.165) is 36.8 Å². The van der Waals surface area contributed by atoms with Crippen LogP contribution in [-0.4, -0.2) is 27.5 Å². The van der Waals surface area contributed by atoms with Crippen LogP contribution in [0.5, 0.6) is 0 Å². The molecule has 0 saturated carbocycles. The number of fused-ring (bicyclic) bond motifs is 1. The SMILES string of the molecule is CCCNc1nc(NCC)cn2ccnc12. The summed E-state index contributed by atoms with van der Waals surface area (Å²) in [7, 11) is 0. The second kappa shape index (κ2) is 4.83. The summed E-state index contributed by atoms with van der Waals surface area (Å²) in [5.74, 6) is 1.71. The normalized spacial score (nSPS) is 10.6. The summed E-state index contributed by atoms with van der Waals surface area (Å²) in [6.45, 7) is 5.95. The van der Waals surface area contributed by atoms with Crippen molar-refractivity contribution in [1.29, 1.82) is 0 Å². The summed E-state index contributed by atoms with van der Waals surface area (Å²) >= 11 is 0. The maximum Gasteiger partial charge on any atom is 0.180 e. The van der Waals surface area contributed by atoms with Crippen molar-refractivity contribution >= 4 is 17.3 Å². The molecule has 2 aromatic heterocycles. The van der Waals surface area contributed by atoms with Crippen LogP contribution >= 0.6 is 0 Å². The number of nitrogens with one attached hydrogen (secondary N) is 2. The van der Waals surface area contributed by atoms with Crippen LogP contribution in [0.4, 0.5) is 11.6 Å². The highest BCUT2D eigenvalue weighted by Gasteiger charge is 2.05. The average molecular weight is 219 g/mol. The molecule has 86 valence electrons. The third-order valence-electron chi connectivity index (χ3n) is 2.27. The Labute approximate surface area is 94.9 Å². The number of imidazole rings is 1. The highest BCUT2D eigenvalue weighted by molar-refractivity contribution is 5.65. The van der Waals surface area contributed by atoms with Crippen molar-refractivity contribution in [3.05, 3.63) is 18.6 Å². The van der Waals surface area contributed by atoms with Crippen molar-refractivity contribution < 1.29 is 0 Å². The first-order valence-electron chi connectivity index (χ1n) is 5.66. The van der Waals surface area contributed by atoms with Gasteiger partial charge in [-0.05, 0) is 13.3 Å². The number of anilines is 2. The topological polar surface area (TPSA) is 54.2 Å². The van der Waals surface area contributed by atoms with Gasteiger partial charge in [0.05, 0.1) is 6.20 Å². The fraction of sp³-hybridized carbons (Fsp3) is 0.455. The molecule has 2 aromatic rings. The number of rotatable bonds is 5. The number of nitrogens with zero attached hydrogens (tertiary/aromatic N) is 3. The highest BCUT2D eigenvalue weighted by atomic mass is 15.1. The Morgan fingerprint density at radius 1 is 1.31 bits per heavy atom. The van der Waals surface area contributed by atoms with Gasteiger partial charge in [-0.1, -0.05) is 6.92 Å². The van der Waals surface area contributed by atoms with E-state index in [4.69, 9.17) is 0 Å². The molecule has 0 aliphatic heterocycles.